The summed E-state index contributed by atoms with van der Waals surface area (Å²) in [5.41, 5.74) is 11.2. The van der Waals surface area contributed by atoms with Gasteiger partial charge in [-0.1, -0.05) is 30.3 Å². The molecule has 0 aliphatic rings. The molecule has 2 aromatic heterocycles. The van der Waals surface area contributed by atoms with E-state index in [-0.39, 0.29) is 5.75 Å². The molecule has 5 aromatic rings. The fraction of sp³-hybridized carbons (Fsp3) is 0.276. The van der Waals surface area contributed by atoms with Gasteiger partial charge in [-0.25, -0.2) is 18.4 Å². The number of nitrogens with one attached hydrogen (secondary N) is 2. The second-order valence-electron chi connectivity index (χ2n) is 9.74. The van der Waals surface area contributed by atoms with Crippen molar-refractivity contribution in [1.29, 1.82) is 0 Å². The molecular weight excluding hydrogens is 510 g/mol. The van der Waals surface area contributed by atoms with Crippen LogP contribution in [-0.4, -0.2) is 59.8 Å². The van der Waals surface area contributed by atoms with Gasteiger partial charge in [-0.15, -0.1) is 0 Å². The molecule has 0 saturated heterocycles. The molecular formula is C29H33N7O2S. The van der Waals surface area contributed by atoms with Crippen LogP contribution in [0.4, 0.5) is 11.5 Å². The van der Waals surface area contributed by atoms with Crippen LogP contribution in [0.25, 0.3) is 33.2 Å². The zero-order valence-electron chi connectivity index (χ0n) is 22.0. The molecule has 4 N–H and O–H groups in total. The van der Waals surface area contributed by atoms with Gasteiger partial charge < -0.3 is 16.4 Å². The van der Waals surface area contributed by atoms with Crippen LogP contribution >= 0.6 is 0 Å². The van der Waals surface area contributed by atoms with Gasteiger partial charge in [0.05, 0.1) is 29.5 Å². The molecule has 0 bridgehead atoms. The van der Waals surface area contributed by atoms with Crippen LogP contribution in [0.1, 0.15) is 18.4 Å². The number of aromatic nitrogens is 4. The molecule has 0 amide bonds. The summed E-state index contributed by atoms with van der Waals surface area (Å²) in [5.74, 6) is 1.19. The smallest absolute Gasteiger partial charge is 0.162 e. The Kier molecular flexibility index (Phi) is 8.04. The first kappa shape index (κ1) is 26.6. The summed E-state index contributed by atoms with van der Waals surface area (Å²) in [7, 11) is -2.92. The number of rotatable bonds is 12. The van der Waals surface area contributed by atoms with E-state index in [0.29, 0.717) is 24.7 Å². The minimum Gasteiger partial charge on any atom is -0.385 e. The lowest BCUT2D eigenvalue weighted by Crippen LogP contribution is -2.23. The molecule has 5 rings (SSSR count). The Morgan fingerprint density at radius 3 is 2.56 bits per heavy atom. The lowest BCUT2D eigenvalue weighted by molar-refractivity contribution is 0.593. The lowest BCUT2D eigenvalue weighted by atomic mass is 10.1. The van der Waals surface area contributed by atoms with Crippen LogP contribution < -0.4 is 16.4 Å². The maximum atomic E-state index is 11.2. The normalized spacial score (nSPS) is 11.8. The van der Waals surface area contributed by atoms with Gasteiger partial charge in [0.1, 0.15) is 15.7 Å². The number of hydrogen-bond acceptors (Lipinski definition) is 8. The van der Waals surface area contributed by atoms with E-state index in [1.165, 1.54) is 11.8 Å². The number of benzene rings is 3. The predicted molar refractivity (Wildman–Crippen MR) is 159 cm³/mol. The largest absolute Gasteiger partial charge is 0.385 e. The van der Waals surface area contributed by atoms with Gasteiger partial charge in [-0.3, -0.25) is 4.68 Å². The Hall–Kier alpha value is -4.02. The van der Waals surface area contributed by atoms with E-state index < -0.39 is 9.84 Å². The first-order chi connectivity index (χ1) is 18.9. The lowest BCUT2D eigenvalue weighted by Gasteiger charge is -2.10. The molecule has 0 saturated carbocycles. The SMILES string of the molecule is CS(=O)(=O)CCNCCCCNc1ccc2c(N)nc(-c3ccc4c(cnn4Cc4ccccc4)c3)nc2c1. The van der Waals surface area contributed by atoms with Crippen molar-refractivity contribution in [3.63, 3.8) is 0 Å². The van der Waals surface area contributed by atoms with Gasteiger partial charge in [0.2, 0.25) is 0 Å². The number of nitrogens with zero attached hydrogens (tertiary/aromatic N) is 4. The maximum absolute atomic E-state index is 11.2. The molecule has 9 nitrogen and oxygen atoms in total. The summed E-state index contributed by atoms with van der Waals surface area (Å²) in [6, 6.07) is 22.3. The minimum absolute atomic E-state index is 0.168. The van der Waals surface area contributed by atoms with E-state index in [4.69, 9.17) is 10.7 Å². The standard InChI is InChI=1S/C29H33N7O2S/c1-39(37,38)16-15-31-13-5-6-14-32-24-10-11-25-26(18-24)34-29(35-28(25)30)22-9-12-27-23(17-22)19-33-36(27)20-21-7-3-2-4-8-21/h2-4,7-12,17-19,31-32H,5-6,13-16,20H2,1H3,(H2,30,34,35). The van der Waals surface area contributed by atoms with Gasteiger partial charge in [0.25, 0.3) is 0 Å². The third-order valence-corrected chi connectivity index (χ3v) is 7.51. The van der Waals surface area contributed by atoms with Crippen molar-refractivity contribution < 1.29 is 8.42 Å². The van der Waals surface area contributed by atoms with Crippen LogP contribution in [0.3, 0.4) is 0 Å². The van der Waals surface area contributed by atoms with E-state index in [1.54, 1.807) is 0 Å². The Morgan fingerprint density at radius 2 is 1.74 bits per heavy atom. The van der Waals surface area contributed by atoms with E-state index >= 15 is 0 Å². The van der Waals surface area contributed by atoms with Gasteiger partial charge >= 0.3 is 0 Å². The van der Waals surface area contributed by atoms with Gasteiger partial charge in [0.15, 0.2) is 5.82 Å². The molecule has 2 heterocycles. The fourth-order valence-electron chi connectivity index (χ4n) is 4.49. The van der Waals surface area contributed by atoms with Crippen molar-refractivity contribution in [3.8, 4) is 11.4 Å². The zero-order chi connectivity index (χ0) is 27.2. The summed E-state index contributed by atoms with van der Waals surface area (Å²) in [4.78, 5) is 9.41. The first-order valence-electron chi connectivity index (χ1n) is 13.1. The second-order valence-corrected chi connectivity index (χ2v) is 12.0. The molecule has 202 valence electrons. The molecule has 0 aliphatic carbocycles. The van der Waals surface area contributed by atoms with Crippen LogP contribution in [0.2, 0.25) is 0 Å². The Labute approximate surface area is 228 Å². The van der Waals surface area contributed by atoms with Gasteiger partial charge in [-0.05, 0) is 61.3 Å². The summed E-state index contributed by atoms with van der Waals surface area (Å²) in [5, 5.41) is 13.0. The van der Waals surface area contributed by atoms with Crippen molar-refractivity contribution >= 4 is 43.1 Å². The number of sulfone groups is 1. The third kappa shape index (κ3) is 6.90. The van der Waals surface area contributed by atoms with Crippen molar-refractivity contribution in [2.75, 3.05) is 42.7 Å². The number of hydrogen-bond donors (Lipinski definition) is 3. The topological polar surface area (TPSA) is 128 Å². The zero-order valence-corrected chi connectivity index (χ0v) is 22.8. The van der Waals surface area contributed by atoms with E-state index in [0.717, 1.165) is 59.0 Å². The number of unbranched alkanes of at least 4 members (excludes halogenated alkanes) is 1. The fourth-order valence-corrected chi connectivity index (χ4v) is 5.01. The maximum Gasteiger partial charge on any atom is 0.162 e. The van der Waals surface area contributed by atoms with Crippen molar-refractivity contribution in [2.45, 2.75) is 19.4 Å². The average Bonchev–Trinajstić information content (AvgIpc) is 3.31. The number of nitrogens with two attached hydrogens (primary N) is 1. The third-order valence-electron chi connectivity index (χ3n) is 6.56. The quantitative estimate of drug-likeness (QED) is 0.201. The molecule has 3 aromatic carbocycles. The highest BCUT2D eigenvalue weighted by Crippen LogP contribution is 2.28. The predicted octanol–water partition coefficient (Wildman–Crippen LogP) is 4.10. The molecule has 0 atom stereocenters. The highest BCUT2D eigenvalue weighted by molar-refractivity contribution is 7.90. The first-order valence-corrected chi connectivity index (χ1v) is 15.1. The van der Waals surface area contributed by atoms with E-state index in [9.17, 15) is 8.42 Å². The molecule has 0 radical (unpaired) electrons. The summed E-state index contributed by atoms with van der Waals surface area (Å²) in [6.45, 7) is 2.79. The number of nitrogen functional groups attached to an aromatic ring is 1. The molecule has 39 heavy (non-hydrogen) atoms. The Balaban J connectivity index is 1.25. The Morgan fingerprint density at radius 1 is 0.923 bits per heavy atom. The van der Waals surface area contributed by atoms with Gasteiger partial charge in [-0.2, -0.15) is 5.10 Å². The monoisotopic (exact) mass is 543 g/mol. The van der Waals surface area contributed by atoms with Crippen molar-refractivity contribution in [1.82, 2.24) is 25.1 Å². The summed E-state index contributed by atoms with van der Waals surface area (Å²) < 4.78 is 24.4. The Bertz CT molecular complexity index is 1680. The molecule has 0 aliphatic heterocycles. The van der Waals surface area contributed by atoms with E-state index in [1.807, 2.05) is 53.3 Å². The molecule has 0 fully saturated rings. The molecule has 0 spiro atoms. The van der Waals surface area contributed by atoms with Crippen LogP contribution in [0.5, 0.6) is 0 Å². The summed E-state index contributed by atoms with van der Waals surface area (Å²) >= 11 is 0. The average molecular weight is 544 g/mol. The summed E-state index contributed by atoms with van der Waals surface area (Å²) in [6.07, 6.45) is 5.03. The molecule has 0 unspecified atom stereocenters. The number of fused-ring (bicyclic) bond motifs is 2. The second kappa shape index (κ2) is 11.8. The highest BCUT2D eigenvalue weighted by atomic mass is 32.2. The van der Waals surface area contributed by atoms with Crippen LogP contribution in [0.15, 0.2) is 72.9 Å². The van der Waals surface area contributed by atoms with E-state index in [2.05, 4.69) is 45.0 Å². The van der Waals surface area contributed by atoms with Crippen molar-refractivity contribution in [2.24, 2.45) is 0 Å². The van der Waals surface area contributed by atoms with Gasteiger partial charge in [0, 0.05) is 41.4 Å². The molecule has 10 heteroatoms. The minimum atomic E-state index is -2.92. The van der Waals surface area contributed by atoms with Crippen LogP contribution in [0, 0.1) is 0 Å². The van der Waals surface area contributed by atoms with Crippen molar-refractivity contribution in [3.05, 3.63) is 78.5 Å². The van der Waals surface area contributed by atoms with Crippen LogP contribution in [-0.2, 0) is 16.4 Å². The number of anilines is 2. The highest BCUT2D eigenvalue weighted by Gasteiger charge is 2.11.